The first-order valence-electron chi connectivity index (χ1n) is 6.67. The van der Waals surface area contributed by atoms with E-state index in [2.05, 4.69) is 32.9 Å². The normalized spacial score (nSPS) is 23.8. The van der Waals surface area contributed by atoms with Crippen LogP contribution in [-0.4, -0.2) is 32.5 Å². The van der Waals surface area contributed by atoms with Gasteiger partial charge in [-0.1, -0.05) is 22.9 Å². The number of rotatable bonds is 1. The molecule has 1 fully saturated rings. The Hall–Kier alpha value is -1.31. The predicted molar refractivity (Wildman–Crippen MR) is 76.7 cm³/mol. The van der Waals surface area contributed by atoms with Crippen LogP contribution >= 0.6 is 15.9 Å². The molecule has 1 aliphatic heterocycles. The lowest BCUT2D eigenvalue weighted by atomic mass is 9.99. The van der Waals surface area contributed by atoms with Gasteiger partial charge in [-0.25, -0.2) is 9.50 Å². The smallest absolute Gasteiger partial charge is 0.354 e. The summed E-state index contributed by atoms with van der Waals surface area (Å²) in [5.74, 6) is 1.09. The fraction of sp³-hybridized carbons (Fsp3) is 0.538. The van der Waals surface area contributed by atoms with Crippen LogP contribution in [-0.2, 0) is 6.18 Å². The minimum atomic E-state index is -4.45. The zero-order valence-electron chi connectivity index (χ0n) is 11.3. The summed E-state index contributed by atoms with van der Waals surface area (Å²) >= 11 is 3.62. The van der Waals surface area contributed by atoms with Crippen molar-refractivity contribution in [2.24, 2.45) is 5.92 Å². The molecule has 0 aliphatic carbocycles. The first-order valence-corrected chi connectivity index (χ1v) is 7.58. The average Bonchev–Trinajstić information content (AvgIpc) is 2.86. The van der Waals surface area contributed by atoms with Gasteiger partial charge in [0.1, 0.15) is 5.52 Å². The fourth-order valence-electron chi connectivity index (χ4n) is 2.50. The second-order valence-corrected chi connectivity index (χ2v) is 6.51. The van der Waals surface area contributed by atoms with E-state index in [1.54, 1.807) is 0 Å². The van der Waals surface area contributed by atoms with Gasteiger partial charge in [-0.3, -0.25) is 0 Å². The van der Waals surface area contributed by atoms with E-state index in [9.17, 15) is 13.2 Å². The van der Waals surface area contributed by atoms with E-state index in [-0.39, 0.29) is 0 Å². The minimum absolute atomic E-state index is 0.304. The van der Waals surface area contributed by atoms with Gasteiger partial charge in [0.15, 0.2) is 11.5 Å². The Morgan fingerprint density at radius 2 is 2.14 bits per heavy atom. The molecule has 3 rings (SSSR count). The highest BCUT2D eigenvalue weighted by atomic mass is 79.9. The minimum Gasteiger partial charge on any atom is -0.354 e. The van der Waals surface area contributed by atoms with Gasteiger partial charge in [-0.05, 0) is 12.3 Å². The van der Waals surface area contributed by atoms with Crippen LogP contribution in [0, 0.1) is 5.92 Å². The lowest BCUT2D eigenvalue weighted by molar-refractivity contribution is -0.141. The average molecular weight is 363 g/mol. The van der Waals surface area contributed by atoms with Gasteiger partial charge in [-0.15, -0.1) is 0 Å². The van der Waals surface area contributed by atoms with Crippen molar-refractivity contribution in [1.29, 1.82) is 0 Å². The molecule has 2 atom stereocenters. The summed E-state index contributed by atoms with van der Waals surface area (Å²) in [7, 11) is 0. The van der Waals surface area contributed by atoms with Crippen LogP contribution in [0.5, 0.6) is 0 Å². The van der Waals surface area contributed by atoms with Gasteiger partial charge in [0.25, 0.3) is 0 Å². The third-order valence-electron chi connectivity index (χ3n) is 3.83. The maximum Gasteiger partial charge on any atom is 0.435 e. The van der Waals surface area contributed by atoms with Crippen molar-refractivity contribution in [3.8, 4) is 0 Å². The Balaban J connectivity index is 2.01. The molecular weight excluding hydrogens is 349 g/mol. The number of alkyl halides is 4. The third-order valence-corrected chi connectivity index (χ3v) is 5.02. The van der Waals surface area contributed by atoms with Gasteiger partial charge >= 0.3 is 6.18 Å². The summed E-state index contributed by atoms with van der Waals surface area (Å²) in [4.78, 5) is 6.58. The number of hydrogen-bond acceptors (Lipinski definition) is 3. The molecule has 2 unspecified atom stereocenters. The largest absolute Gasteiger partial charge is 0.435 e. The van der Waals surface area contributed by atoms with Gasteiger partial charge in [0.2, 0.25) is 0 Å². The molecule has 21 heavy (non-hydrogen) atoms. The summed E-state index contributed by atoms with van der Waals surface area (Å²) in [6.45, 7) is 3.66. The van der Waals surface area contributed by atoms with Crippen molar-refractivity contribution in [2.75, 3.05) is 18.0 Å². The van der Waals surface area contributed by atoms with Crippen LogP contribution < -0.4 is 4.90 Å². The number of anilines is 1. The second kappa shape index (κ2) is 5.15. The van der Waals surface area contributed by atoms with Gasteiger partial charge in [0, 0.05) is 36.4 Å². The van der Waals surface area contributed by atoms with Crippen molar-refractivity contribution >= 4 is 27.3 Å². The van der Waals surface area contributed by atoms with Gasteiger partial charge in [-0.2, -0.15) is 18.3 Å². The second-order valence-electron chi connectivity index (χ2n) is 5.34. The monoisotopic (exact) mass is 362 g/mol. The number of nitrogens with zero attached hydrogens (tertiary/aromatic N) is 4. The maximum atomic E-state index is 12.8. The molecule has 1 saturated heterocycles. The molecule has 8 heteroatoms. The van der Waals surface area contributed by atoms with Gasteiger partial charge in [0.05, 0.1) is 0 Å². The molecular formula is C13H14BrF3N4. The van der Waals surface area contributed by atoms with E-state index in [1.807, 2.05) is 4.90 Å². The molecule has 0 bridgehead atoms. The molecule has 2 aromatic rings. The van der Waals surface area contributed by atoms with Crippen LogP contribution in [0.3, 0.4) is 0 Å². The lowest BCUT2D eigenvalue weighted by Crippen LogP contribution is -2.40. The molecule has 0 saturated carbocycles. The first-order chi connectivity index (χ1) is 9.86. The number of piperidine rings is 1. The van der Waals surface area contributed by atoms with Crippen LogP contribution in [0.1, 0.15) is 19.0 Å². The quantitative estimate of drug-likeness (QED) is 0.729. The maximum absolute atomic E-state index is 12.8. The molecule has 0 N–H and O–H groups in total. The summed E-state index contributed by atoms with van der Waals surface area (Å²) in [6.07, 6.45) is -0.556. The number of hydrogen-bond donors (Lipinski definition) is 0. The Labute approximate surface area is 128 Å². The molecule has 0 spiro atoms. The molecule has 2 aromatic heterocycles. The topological polar surface area (TPSA) is 33.4 Å². The fourth-order valence-corrected chi connectivity index (χ4v) is 3.12. The zero-order chi connectivity index (χ0) is 15.2. The zero-order valence-corrected chi connectivity index (χ0v) is 12.9. The summed E-state index contributed by atoms with van der Waals surface area (Å²) in [6, 6.07) is 1.06. The van der Waals surface area contributed by atoms with Crippen LogP contribution in [0.2, 0.25) is 0 Å². The standard InChI is InChI=1S/C13H14BrF3N4/c1-8-2-4-20(7-9(8)14)12-10-6-11(13(15,16)17)19-21(10)5-3-18-12/h3,5-6,8-9H,2,4,7H2,1H3. The van der Waals surface area contributed by atoms with E-state index in [0.717, 1.165) is 25.6 Å². The van der Waals surface area contributed by atoms with Crippen molar-refractivity contribution in [3.05, 3.63) is 24.2 Å². The van der Waals surface area contributed by atoms with Crippen molar-refractivity contribution < 1.29 is 13.2 Å². The van der Waals surface area contributed by atoms with E-state index in [0.29, 0.717) is 22.1 Å². The van der Waals surface area contributed by atoms with E-state index in [4.69, 9.17) is 0 Å². The molecule has 1 aliphatic rings. The molecule has 0 amide bonds. The molecule has 114 valence electrons. The SMILES string of the molecule is CC1CCN(c2nccn3nc(C(F)(F)F)cc23)CC1Br. The van der Waals surface area contributed by atoms with Gasteiger partial charge < -0.3 is 4.90 Å². The number of fused-ring (bicyclic) bond motifs is 1. The first kappa shape index (κ1) is 14.6. The van der Waals surface area contributed by atoms with E-state index >= 15 is 0 Å². The summed E-state index contributed by atoms with van der Waals surface area (Å²) < 4.78 is 39.6. The van der Waals surface area contributed by atoms with Crippen LogP contribution in [0.4, 0.5) is 19.0 Å². The van der Waals surface area contributed by atoms with E-state index < -0.39 is 11.9 Å². The molecule has 3 heterocycles. The third kappa shape index (κ3) is 2.73. The molecule has 0 aromatic carbocycles. The number of halogens is 4. The van der Waals surface area contributed by atoms with Crippen LogP contribution in [0.25, 0.3) is 5.52 Å². The predicted octanol–water partition coefficient (Wildman–Crippen LogP) is 3.36. The van der Waals surface area contributed by atoms with Crippen molar-refractivity contribution in [2.45, 2.75) is 24.3 Å². The highest BCUT2D eigenvalue weighted by molar-refractivity contribution is 9.09. The lowest BCUT2D eigenvalue weighted by Gasteiger charge is -2.35. The van der Waals surface area contributed by atoms with Crippen molar-refractivity contribution in [3.63, 3.8) is 0 Å². The Kier molecular flexibility index (Phi) is 3.59. The van der Waals surface area contributed by atoms with Crippen LogP contribution in [0.15, 0.2) is 18.5 Å². The summed E-state index contributed by atoms with van der Waals surface area (Å²) in [5, 5.41) is 3.59. The number of aromatic nitrogens is 3. The Morgan fingerprint density at radius 1 is 1.38 bits per heavy atom. The van der Waals surface area contributed by atoms with Crippen molar-refractivity contribution in [1.82, 2.24) is 14.6 Å². The molecule has 4 nitrogen and oxygen atoms in total. The van der Waals surface area contributed by atoms with E-state index in [1.165, 1.54) is 16.9 Å². The highest BCUT2D eigenvalue weighted by Crippen LogP contribution is 2.32. The molecule has 0 radical (unpaired) electrons. The summed E-state index contributed by atoms with van der Waals surface area (Å²) in [5.41, 5.74) is -0.503. The highest BCUT2D eigenvalue weighted by Gasteiger charge is 2.35. The Bertz CT molecular complexity index is 654. The Morgan fingerprint density at radius 3 is 2.81 bits per heavy atom.